The number of benzene rings is 1. The number of sulfonamides is 2. The zero-order chi connectivity index (χ0) is 19.7. The molecule has 1 saturated heterocycles. The Kier molecular flexibility index (Phi) is 5.38. The third-order valence-corrected chi connectivity index (χ3v) is 7.64. The van der Waals surface area contributed by atoms with E-state index in [0.29, 0.717) is 0 Å². The molecule has 0 saturated carbocycles. The van der Waals surface area contributed by atoms with Crippen LogP contribution in [0.1, 0.15) is 10.6 Å². The van der Waals surface area contributed by atoms with Gasteiger partial charge in [-0.2, -0.15) is 4.31 Å². The summed E-state index contributed by atoms with van der Waals surface area (Å²) in [5.74, 6) is -0.0636. The van der Waals surface area contributed by atoms with E-state index in [2.05, 4.69) is 4.72 Å². The predicted octanol–water partition coefficient (Wildman–Crippen LogP) is 0.334. The molecule has 2 heterocycles. The molecule has 1 aliphatic rings. The molecule has 1 N–H and O–H groups in total. The Morgan fingerprint density at radius 2 is 1.56 bits per heavy atom. The minimum absolute atomic E-state index is 0.00311. The van der Waals surface area contributed by atoms with Crippen LogP contribution < -0.4 is 4.72 Å². The second kappa shape index (κ2) is 7.43. The summed E-state index contributed by atoms with van der Waals surface area (Å²) in [5, 5.41) is 0. The monoisotopic (exact) mass is 413 g/mol. The lowest BCUT2D eigenvalue weighted by atomic mass is 10.3. The van der Waals surface area contributed by atoms with Gasteiger partial charge in [0.05, 0.1) is 16.1 Å². The number of hydrogen-bond donors (Lipinski definition) is 1. The van der Waals surface area contributed by atoms with Gasteiger partial charge in [-0.3, -0.25) is 4.79 Å². The lowest BCUT2D eigenvalue weighted by molar-refractivity contribution is 0.0666. The largest absolute Gasteiger partial charge is 0.459 e. The standard InChI is InChI=1S/C16H19N3O6S2/c1-17-26(21,22)13-4-6-14(7-5-13)27(23,24)19-10-8-18(9-11-19)16(20)15-3-2-12-25-15/h2-7,12,17H,8-11H2,1H3. The fourth-order valence-corrected chi connectivity index (χ4v) is 4.90. The highest BCUT2D eigenvalue weighted by molar-refractivity contribution is 7.89. The van der Waals surface area contributed by atoms with Crippen molar-refractivity contribution in [1.29, 1.82) is 0 Å². The molecular weight excluding hydrogens is 394 g/mol. The van der Waals surface area contributed by atoms with Crippen molar-refractivity contribution in [3.8, 4) is 0 Å². The Morgan fingerprint density at radius 1 is 0.963 bits per heavy atom. The van der Waals surface area contributed by atoms with Crippen molar-refractivity contribution in [1.82, 2.24) is 13.9 Å². The molecule has 3 rings (SSSR count). The summed E-state index contributed by atoms with van der Waals surface area (Å²) in [6.45, 7) is 0.770. The van der Waals surface area contributed by atoms with E-state index in [0.717, 1.165) is 0 Å². The normalized spacial score (nSPS) is 16.4. The number of carbonyl (C=O) groups is 1. The fraction of sp³-hybridized carbons (Fsp3) is 0.312. The summed E-state index contributed by atoms with van der Waals surface area (Å²) in [6, 6.07) is 8.20. The number of rotatable bonds is 5. The molecule has 0 aliphatic carbocycles. The second-order valence-electron chi connectivity index (χ2n) is 5.85. The summed E-state index contributed by atoms with van der Waals surface area (Å²) >= 11 is 0. The van der Waals surface area contributed by atoms with Crippen molar-refractivity contribution >= 4 is 26.0 Å². The van der Waals surface area contributed by atoms with Crippen LogP contribution in [-0.4, -0.2) is 65.2 Å². The number of carbonyl (C=O) groups excluding carboxylic acids is 1. The van der Waals surface area contributed by atoms with Gasteiger partial charge in [0.15, 0.2) is 5.76 Å². The molecule has 0 spiro atoms. The molecule has 0 unspecified atom stereocenters. The molecule has 1 aromatic carbocycles. The van der Waals surface area contributed by atoms with Crippen LogP contribution in [-0.2, 0) is 20.0 Å². The molecule has 0 atom stereocenters. The van der Waals surface area contributed by atoms with E-state index in [1.54, 1.807) is 12.1 Å². The molecular formula is C16H19N3O6S2. The van der Waals surface area contributed by atoms with E-state index in [1.807, 2.05) is 0 Å². The zero-order valence-electron chi connectivity index (χ0n) is 14.5. The maximum Gasteiger partial charge on any atom is 0.289 e. The van der Waals surface area contributed by atoms with Crippen LogP contribution in [0.2, 0.25) is 0 Å². The van der Waals surface area contributed by atoms with Gasteiger partial charge in [0.1, 0.15) is 0 Å². The average Bonchev–Trinajstić information content (AvgIpc) is 3.22. The van der Waals surface area contributed by atoms with Crippen LogP contribution >= 0.6 is 0 Å². The van der Waals surface area contributed by atoms with E-state index < -0.39 is 20.0 Å². The summed E-state index contributed by atoms with van der Waals surface area (Å²) in [6.07, 6.45) is 1.41. The van der Waals surface area contributed by atoms with Gasteiger partial charge in [0.25, 0.3) is 5.91 Å². The first-order valence-electron chi connectivity index (χ1n) is 8.12. The molecule has 27 heavy (non-hydrogen) atoms. The maximum atomic E-state index is 12.8. The predicted molar refractivity (Wildman–Crippen MR) is 96.1 cm³/mol. The van der Waals surface area contributed by atoms with Gasteiger partial charge in [-0.25, -0.2) is 21.6 Å². The lowest BCUT2D eigenvalue weighted by Crippen LogP contribution is -2.50. The van der Waals surface area contributed by atoms with Gasteiger partial charge in [0, 0.05) is 26.2 Å². The molecule has 1 aliphatic heterocycles. The first-order chi connectivity index (χ1) is 12.8. The zero-order valence-corrected chi connectivity index (χ0v) is 16.2. The summed E-state index contributed by atoms with van der Waals surface area (Å²) in [5.41, 5.74) is 0. The number of hydrogen-bond acceptors (Lipinski definition) is 6. The van der Waals surface area contributed by atoms with Crippen LogP contribution in [0.15, 0.2) is 56.9 Å². The first kappa shape index (κ1) is 19.5. The van der Waals surface area contributed by atoms with E-state index in [9.17, 15) is 21.6 Å². The Bertz CT molecular complexity index is 1010. The molecule has 1 aromatic heterocycles. The van der Waals surface area contributed by atoms with Crippen LogP contribution in [0.25, 0.3) is 0 Å². The van der Waals surface area contributed by atoms with Crippen molar-refractivity contribution in [2.24, 2.45) is 0 Å². The van der Waals surface area contributed by atoms with Gasteiger partial charge in [-0.15, -0.1) is 0 Å². The van der Waals surface area contributed by atoms with Crippen LogP contribution in [0.5, 0.6) is 0 Å². The average molecular weight is 413 g/mol. The van der Waals surface area contributed by atoms with E-state index in [-0.39, 0.29) is 47.6 Å². The van der Waals surface area contributed by atoms with Gasteiger partial charge in [0.2, 0.25) is 20.0 Å². The van der Waals surface area contributed by atoms with E-state index in [4.69, 9.17) is 4.42 Å². The number of piperazine rings is 1. The van der Waals surface area contributed by atoms with Crippen molar-refractivity contribution < 1.29 is 26.0 Å². The Hall–Kier alpha value is -2.21. The molecule has 9 nitrogen and oxygen atoms in total. The van der Waals surface area contributed by atoms with Crippen LogP contribution in [0, 0.1) is 0 Å². The van der Waals surface area contributed by atoms with Gasteiger partial charge >= 0.3 is 0 Å². The van der Waals surface area contributed by atoms with E-state index >= 15 is 0 Å². The highest BCUT2D eigenvalue weighted by Gasteiger charge is 2.31. The number of amides is 1. The number of furan rings is 1. The molecule has 1 fully saturated rings. The molecule has 1 amide bonds. The van der Waals surface area contributed by atoms with Gasteiger partial charge in [-0.1, -0.05) is 0 Å². The van der Waals surface area contributed by atoms with Crippen molar-refractivity contribution in [3.63, 3.8) is 0 Å². The number of nitrogens with zero attached hydrogens (tertiary/aromatic N) is 2. The molecule has 146 valence electrons. The van der Waals surface area contributed by atoms with Gasteiger partial charge < -0.3 is 9.32 Å². The minimum Gasteiger partial charge on any atom is -0.459 e. The third-order valence-electron chi connectivity index (χ3n) is 4.30. The van der Waals surface area contributed by atoms with Crippen LogP contribution in [0.4, 0.5) is 0 Å². The maximum absolute atomic E-state index is 12.8. The van der Waals surface area contributed by atoms with Crippen molar-refractivity contribution in [3.05, 3.63) is 48.4 Å². The smallest absolute Gasteiger partial charge is 0.289 e. The van der Waals surface area contributed by atoms with Gasteiger partial charge in [-0.05, 0) is 43.4 Å². The minimum atomic E-state index is -3.78. The fourth-order valence-electron chi connectivity index (χ4n) is 2.75. The summed E-state index contributed by atoms with van der Waals surface area (Å²) < 4.78 is 57.5. The number of nitrogens with one attached hydrogen (secondary N) is 1. The Labute approximate surface area is 157 Å². The molecule has 0 radical (unpaired) electrons. The quantitative estimate of drug-likeness (QED) is 0.755. The second-order valence-corrected chi connectivity index (χ2v) is 9.68. The third kappa shape index (κ3) is 3.90. The van der Waals surface area contributed by atoms with Crippen molar-refractivity contribution in [2.75, 3.05) is 33.2 Å². The summed E-state index contributed by atoms with van der Waals surface area (Å²) in [7, 11) is -6.13. The lowest BCUT2D eigenvalue weighted by Gasteiger charge is -2.33. The topological polar surface area (TPSA) is 117 Å². The Morgan fingerprint density at radius 3 is 2.07 bits per heavy atom. The first-order valence-corrected chi connectivity index (χ1v) is 11.0. The highest BCUT2D eigenvalue weighted by atomic mass is 32.2. The highest BCUT2D eigenvalue weighted by Crippen LogP contribution is 2.20. The molecule has 0 bridgehead atoms. The molecule has 2 aromatic rings. The summed E-state index contributed by atoms with van der Waals surface area (Å²) in [4.78, 5) is 13.8. The molecule has 11 heteroatoms. The Balaban J connectivity index is 1.71. The van der Waals surface area contributed by atoms with Crippen LogP contribution in [0.3, 0.4) is 0 Å². The van der Waals surface area contributed by atoms with Crippen molar-refractivity contribution in [2.45, 2.75) is 9.79 Å². The SMILES string of the molecule is CNS(=O)(=O)c1ccc(S(=O)(=O)N2CCN(C(=O)c3ccco3)CC2)cc1. The van der Waals surface area contributed by atoms with E-state index in [1.165, 1.54) is 46.8 Å².